The van der Waals surface area contributed by atoms with E-state index in [1.54, 1.807) is 18.2 Å². The lowest BCUT2D eigenvalue weighted by Gasteiger charge is -2.34. The summed E-state index contributed by atoms with van der Waals surface area (Å²) in [5.74, 6) is -0.866. The van der Waals surface area contributed by atoms with Crippen LogP contribution in [0.4, 0.5) is 5.69 Å². The maximum Gasteiger partial charge on any atom is 0.264 e. The fraction of sp³-hybridized carbons (Fsp3) is 0.257. The van der Waals surface area contributed by atoms with E-state index in [9.17, 15) is 18.0 Å². The molecule has 1 atom stereocenters. The Kier molecular flexibility index (Phi) is 12.0. The molecule has 0 unspecified atom stereocenters. The van der Waals surface area contributed by atoms with Crippen LogP contribution in [0, 0.1) is 6.92 Å². The summed E-state index contributed by atoms with van der Waals surface area (Å²) in [6.45, 7) is 3.95. The first kappa shape index (κ1) is 34.0. The normalized spacial score (nSPS) is 11.9. The van der Waals surface area contributed by atoms with Crippen LogP contribution in [0.2, 0.25) is 10.0 Å². The first-order chi connectivity index (χ1) is 21.6. The van der Waals surface area contributed by atoms with Gasteiger partial charge in [-0.1, -0.05) is 115 Å². The third-order valence-corrected chi connectivity index (χ3v) is 9.51. The third kappa shape index (κ3) is 9.33. The Bertz CT molecular complexity index is 1680. The van der Waals surface area contributed by atoms with Gasteiger partial charge >= 0.3 is 0 Å². The van der Waals surface area contributed by atoms with Gasteiger partial charge in [0.05, 0.1) is 10.6 Å². The first-order valence-electron chi connectivity index (χ1n) is 14.8. The summed E-state index contributed by atoms with van der Waals surface area (Å²) < 4.78 is 29.2. The fourth-order valence-electron chi connectivity index (χ4n) is 5.00. The van der Waals surface area contributed by atoms with Crippen molar-refractivity contribution in [3.05, 3.63) is 130 Å². The van der Waals surface area contributed by atoms with Crippen LogP contribution in [0.3, 0.4) is 0 Å². The van der Waals surface area contributed by atoms with Crippen LogP contribution in [0.15, 0.2) is 108 Å². The molecule has 4 aromatic carbocycles. The molecule has 0 radical (unpaired) electrons. The first-order valence-corrected chi connectivity index (χ1v) is 17.0. The monoisotopic (exact) mass is 665 g/mol. The lowest BCUT2D eigenvalue weighted by atomic mass is 10.0. The molecule has 0 saturated heterocycles. The number of aryl methyl sites for hydroxylation is 1. The molecular weight excluding hydrogens is 629 g/mol. The van der Waals surface area contributed by atoms with E-state index in [1.165, 1.54) is 35.2 Å². The van der Waals surface area contributed by atoms with E-state index in [-0.39, 0.29) is 39.5 Å². The van der Waals surface area contributed by atoms with Gasteiger partial charge in [0.15, 0.2) is 0 Å². The Balaban J connectivity index is 1.81. The summed E-state index contributed by atoms with van der Waals surface area (Å²) in [7, 11) is -4.25. The predicted octanol–water partition coefficient (Wildman–Crippen LogP) is 7.05. The zero-order chi connectivity index (χ0) is 32.4. The second-order valence-electron chi connectivity index (χ2n) is 10.8. The number of unbranched alkanes of at least 4 members (excludes halogenated alkanes) is 1. The number of rotatable bonds is 14. The molecule has 0 aliphatic heterocycles. The predicted molar refractivity (Wildman–Crippen MR) is 181 cm³/mol. The van der Waals surface area contributed by atoms with E-state index >= 15 is 0 Å². The fourth-order valence-corrected chi connectivity index (χ4v) is 6.93. The van der Waals surface area contributed by atoms with E-state index < -0.39 is 28.5 Å². The number of hydrogen-bond donors (Lipinski definition) is 1. The lowest BCUT2D eigenvalue weighted by Crippen LogP contribution is -2.53. The molecule has 1 N–H and O–H groups in total. The molecule has 2 amide bonds. The molecule has 7 nitrogen and oxygen atoms in total. The van der Waals surface area contributed by atoms with Crippen molar-refractivity contribution in [3.63, 3.8) is 0 Å². The molecule has 0 saturated carbocycles. The van der Waals surface area contributed by atoms with Crippen molar-refractivity contribution in [2.75, 3.05) is 17.4 Å². The van der Waals surface area contributed by atoms with Gasteiger partial charge in [0, 0.05) is 29.6 Å². The lowest BCUT2D eigenvalue weighted by molar-refractivity contribution is -0.140. The van der Waals surface area contributed by atoms with Gasteiger partial charge in [-0.15, -0.1) is 0 Å². The summed E-state index contributed by atoms with van der Waals surface area (Å²) in [4.78, 5) is 29.8. The number of benzene rings is 4. The number of carbonyl (C=O) groups is 2. The number of amides is 2. The van der Waals surface area contributed by atoms with Gasteiger partial charge in [0.25, 0.3) is 10.0 Å². The van der Waals surface area contributed by atoms with Crippen LogP contribution in [0.25, 0.3) is 0 Å². The minimum atomic E-state index is -4.25. The minimum Gasteiger partial charge on any atom is -0.354 e. The van der Waals surface area contributed by atoms with Gasteiger partial charge < -0.3 is 10.2 Å². The van der Waals surface area contributed by atoms with Crippen LogP contribution in [0.1, 0.15) is 36.5 Å². The number of nitrogens with zero attached hydrogens (tertiary/aromatic N) is 2. The van der Waals surface area contributed by atoms with Crippen molar-refractivity contribution in [3.8, 4) is 0 Å². The quantitative estimate of drug-likeness (QED) is 0.146. The highest BCUT2D eigenvalue weighted by Gasteiger charge is 2.34. The number of carbonyl (C=O) groups excluding carboxylic acids is 2. The SMILES string of the molecule is CCCCNC(=O)[C@H](Cc1ccccc1)N(Cc1cccc(C)c1)C(=O)CN(c1cc(Cl)cc(Cl)c1)S(=O)(=O)c1ccccc1. The van der Waals surface area contributed by atoms with Crippen LogP contribution < -0.4 is 9.62 Å². The average molecular weight is 667 g/mol. The summed E-state index contributed by atoms with van der Waals surface area (Å²) in [5.41, 5.74) is 2.80. The number of halogens is 2. The van der Waals surface area contributed by atoms with E-state index in [0.29, 0.717) is 6.54 Å². The van der Waals surface area contributed by atoms with Crippen molar-refractivity contribution in [1.29, 1.82) is 0 Å². The Morgan fingerprint density at radius 1 is 0.822 bits per heavy atom. The third-order valence-electron chi connectivity index (χ3n) is 7.28. The highest BCUT2D eigenvalue weighted by molar-refractivity contribution is 7.92. The second kappa shape index (κ2) is 15.9. The van der Waals surface area contributed by atoms with Gasteiger partial charge in [0.1, 0.15) is 12.6 Å². The Morgan fingerprint density at radius 3 is 2.07 bits per heavy atom. The van der Waals surface area contributed by atoms with E-state index in [1.807, 2.05) is 68.4 Å². The molecule has 0 bridgehead atoms. The maximum atomic E-state index is 14.5. The van der Waals surface area contributed by atoms with Crippen LogP contribution >= 0.6 is 23.2 Å². The Morgan fingerprint density at radius 2 is 1.44 bits per heavy atom. The molecule has 0 spiro atoms. The summed E-state index contributed by atoms with van der Waals surface area (Å²) in [6.07, 6.45) is 1.92. The van der Waals surface area contributed by atoms with Crippen molar-refractivity contribution in [2.24, 2.45) is 0 Å². The molecule has 10 heteroatoms. The molecule has 4 aromatic rings. The van der Waals surface area contributed by atoms with Crippen LogP contribution in [0.5, 0.6) is 0 Å². The number of sulfonamides is 1. The van der Waals surface area contributed by atoms with Crippen molar-refractivity contribution in [1.82, 2.24) is 10.2 Å². The largest absolute Gasteiger partial charge is 0.354 e. The zero-order valence-corrected chi connectivity index (χ0v) is 27.7. The van der Waals surface area contributed by atoms with Gasteiger partial charge in [-0.05, 0) is 54.8 Å². The Hall–Kier alpha value is -3.85. The molecule has 0 aromatic heterocycles. The van der Waals surface area contributed by atoms with Gasteiger partial charge in [-0.2, -0.15) is 0 Å². The van der Waals surface area contributed by atoms with Crippen LogP contribution in [-0.4, -0.2) is 44.3 Å². The molecule has 0 aliphatic rings. The molecule has 45 heavy (non-hydrogen) atoms. The molecule has 0 fully saturated rings. The summed E-state index contributed by atoms with van der Waals surface area (Å²) >= 11 is 12.6. The topological polar surface area (TPSA) is 86.8 Å². The van der Waals surface area contributed by atoms with Crippen molar-refractivity contribution < 1.29 is 18.0 Å². The summed E-state index contributed by atoms with van der Waals surface area (Å²) in [5, 5.41) is 3.42. The number of anilines is 1. The molecule has 0 heterocycles. The Labute approximate surface area is 275 Å². The van der Waals surface area contributed by atoms with Gasteiger partial charge in [-0.3, -0.25) is 13.9 Å². The molecular formula is C35H37Cl2N3O4S. The van der Waals surface area contributed by atoms with Gasteiger partial charge in [-0.25, -0.2) is 8.42 Å². The van der Waals surface area contributed by atoms with Crippen LogP contribution in [-0.2, 0) is 32.6 Å². The second-order valence-corrected chi connectivity index (χ2v) is 13.5. The highest BCUT2D eigenvalue weighted by Crippen LogP contribution is 2.30. The highest BCUT2D eigenvalue weighted by atomic mass is 35.5. The molecule has 236 valence electrons. The standard InChI is InChI=1S/C35H37Cl2N3O4S/c1-3-4-18-38-35(42)33(20-27-13-7-5-8-14-27)39(24-28-15-11-12-26(2)19-28)34(41)25-40(31-22-29(36)21-30(37)23-31)45(43,44)32-16-9-6-10-17-32/h5-17,19,21-23,33H,3-4,18,20,24-25H2,1-2H3,(H,38,42)/t33-/m0/s1. The summed E-state index contributed by atoms with van der Waals surface area (Å²) in [6, 6.07) is 28.5. The smallest absolute Gasteiger partial charge is 0.264 e. The number of hydrogen-bond acceptors (Lipinski definition) is 4. The minimum absolute atomic E-state index is 0.00252. The average Bonchev–Trinajstić information content (AvgIpc) is 3.02. The van der Waals surface area contributed by atoms with Gasteiger partial charge in [0.2, 0.25) is 11.8 Å². The van der Waals surface area contributed by atoms with E-state index in [4.69, 9.17) is 23.2 Å². The number of nitrogens with one attached hydrogen (secondary N) is 1. The zero-order valence-electron chi connectivity index (χ0n) is 25.3. The van der Waals surface area contributed by atoms with E-state index in [2.05, 4.69) is 5.32 Å². The molecule has 0 aliphatic carbocycles. The molecule has 4 rings (SSSR count). The van der Waals surface area contributed by atoms with E-state index in [0.717, 1.165) is 33.8 Å². The maximum absolute atomic E-state index is 14.5. The van der Waals surface area contributed by atoms with Crippen molar-refractivity contribution in [2.45, 2.75) is 50.6 Å². The van der Waals surface area contributed by atoms with Crippen molar-refractivity contribution >= 4 is 50.7 Å².